The average molecular weight is 448 g/mol. The molecule has 3 aromatic rings. The first-order chi connectivity index (χ1) is 15.2. The Morgan fingerprint density at radius 1 is 0.875 bits per heavy atom. The molecule has 0 bridgehead atoms. The van der Waals surface area contributed by atoms with Gasteiger partial charge in [-0.05, 0) is 18.2 Å². The van der Waals surface area contributed by atoms with Gasteiger partial charge in [-0.15, -0.1) is 0 Å². The highest BCUT2D eigenvalue weighted by molar-refractivity contribution is 5.86. The fourth-order valence-electron chi connectivity index (χ4n) is 3.43. The monoisotopic (exact) mass is 448 g/mol. The molecular formula is C21H20O11. The van der Waals surface area contributed by atoms with E-state index in [9.17, 15) is 40.5 Å². The zero-order valence-electron chi connectivity index (χ0n) is 16.3. The second-order valence-electron chi connectivity index (χ2n) is 7.31. The smallest absolute Gasteiger partial charge is 0.229 e. The van der Waals surface area contributed by atoms with Crippen LogP contribution in [-0.2, 0) is 4.74 Å². The van der Waals surface area contributed by atoms with Crippen molar-refractivity contribution in [1.29, 1.82) is 0 Å². The quantitative estimate of drug-likeness (QED) is 0.261. The van der Waals surface area contributed by atoms with Gasteiger partial charge in [0.25, 0.3) is 0 Å². The Balaban J connectivity index is 1.72. The second-order valence-corrected chi connectivity index (χ2v) is 7.31. The zero-order valence-corrected chi connectivity index (χ0v) is 16.3. The fourth-order valence-corrected chi connectivity index (χ4v) is 3.43. The lowest BCUT2D eigenvalue weighted by Gasteiger charge is -2.39. The van der Waals surface area contributed by atoms with E-state index in [4.69, 9.17) is 13.9 Å². The molecule has 32 heavy (non-hydrogen) atoms. The minimum atomic E-state index is -1.68. The van der Waals surface area contributed by atoms with Crippen molar-refractivity contribution >= 4 is 11.0 Å². The van der Waals surface area contributed by atoms with Crippen LogP contribution in [0.3, 0.4) is 0 Å². The molecule has 1 aliphatic rings. The largest absolute Gasteiger partial charge is 0.507 e. The van der Waals surface area contributed by atoms with E-state index in [1.807, 2.05) is 0 Å². The minimum Gasteiger partial charge on any atom is -0.507 e. The highest BCUT2D eigenvalue weighted by Crippen LogP contribution is 2.35. The predicted molar refractivity (Wildman–Crippen MR) is 107 cm³/mol. The number of aliphatic hydroxyl groups is 4. The van der Waals surface area contributed by atoms with Crippen molar-refractivity contribution in [2.45, 2.75) is 30.7 Å². The van der Waals surface area contributed by atoms with Gasteiger partial charge in [-0.3, -0.25) is 4.79 Å². The Hall–Kier alpha value is -3.35. The summed E-state index contributed by atoms with van der Waals surface area (Å²) in [5, 5.41) is 68.5. The van der Waals surface area contributed by atoms with Gasteiger partial charge in [0.05, 0.1) is 6.61 Å². The molecule has 1 unspecified atom stereocenters. The summed E-state index contributed by atoms with van der Waals surface area (Å²) in [4.78, 5) is 12.5. The highest BCUT2D eigenvalue weighted by Gasteiger charge is 2.44. The summed E-state index contributed by atoms with van der Waals surface area (Å²) in [5.41, 5.74) is -0.413. The molecule has 1 fully saturated rings. The highest BCUT2D eigenvalue weighted by atomic mass is 16.7. The van der Waals surface area contributed by atoms with Crippen LogP contribution in [0.25, 0.3) is 22.3 Å². The standard InChI is InChI=1S/C21H20O11/c22-7-16-18(27)19(28)20(29)21(32-16)30-9-4-12(25)17-13(26)6-14(31-15(17)5-9)8-1-2-10(23)11(24)3-8/h1-6,16,18-25,27-29H,7H2/t16-,18-,19+,20-,21?/m0/s1. The third-order valence-electron chi connectivity index (χ3n) is 5.14. The maximum atomic E-state index is 12.5. The third kappa shape index (κ3) is 3.83. The first-order valence-electron chi connectivity index (χ1n) is 9.50. The molecule has 2 aromatic carbocycles. The van der Waals surface area contributed by atoms with Crippen molar-refractivity contribution in [2.75, 3.05) is 6.61 Å². The number of fused-ring (bicyclic) bond motifs is 1. The van der Waals surface area contributed by atoms with E-state index in [0.717, 1.165) is 12.1 Å². The SMILES string of the molecule is O=c1cc(-c2ccc(O)c(O)c2)oc2cc(OC3O[C@@H](CO)[C@H](O)[C@@H](O)[C@@H]3O)cc(O)c12. The van der Waals surface area contributed by atoms with Crippen molar-refractivity contribution in [1.82, 2.24) is 0 Å². The van der Waals surface area contributed by atoms with Crippen LogP contribution >= 0.6 is 0 Å². The number of benzene rings is 2. The number of ether oxygens (including phenoxy) is 2. The van der Waals surface area contributed by atoms with Gasteiger partial charge in [-0.2, -0.15) is 0 Å². The number of aliphatic hydroxyl groups excluding tert-OH is 4. The molecule has 0 saturated carbocycles. The van der Waals surface area contributed by atoms with Crippen LogP contribution in [0.1, 0.15) is 0 Å². The van der Waals surface area contributed by atoms with Crippen molar-refractivity contribution < 1.29 is 49.6 Å². The van der Waals surface area contributed by atoms with Crippen LogP contribution in [0.2, 0.25) is 0 Å². The molecule has 7 N–H and O–H groups in total. The zero-order chi connectivity index (χ0) is 23.2. The van der Waals surface area contributed by atoms with Gasteiger partial charge in [0.15, 0.2) is 16.9 Å². The maximum Gasteiger partial charge on any atom is 0.229 e. The fraction of sp³-hybridized carbons (Fsp3) is 0.286. The molecule has 4 rings (SSSR count). The molecule has 1 aromatic heterocycles. The van der Waals surface area contributed by atoms with Gasteiger partial charge in [-0.25, -0.2) is 0 Å². The molecular weight excluding hydrogens is 428 g/mol. The first-order valence-corrected chi connectivity index (χ1v) is 9.50. The summed E-state index contributed by atoms with van der Waals surface area (Å²) in [6, 6.07) is 7.23. The van der Waals surface area contributed by atoms with Crippen molar-refractivity contribution in [3.63, 3.8) is 0 Å². The summed E-state index contributed by atoms with van der Waals surface area (Å²) in [5.74, 6) is -1.34. The van der Waals surface area contributed by atoms with Crippen LogP contribution < -0.4 is 10.2 Å². The Morgan fingerprint density at radius 2 is 1.62 bits per heavy atom. The molecule has 0 amide bonds. The lowest BCUT2D eigenvalue weighted by Crippen LogP contribution is -2.60. The predicted octanol–water partition coefficient (Wildman–Crippen LogP) is -0.245. The Bertz CT molecular complexity index is 1200. The molecule has 1 aliphatic heterocycles. The van der Waals surface area contributed by atoms with Crippen molar-refractivity contribution in [3.8, 4) is 34.3 Å². The topological polar surface area (TPSA) is 190 Å². The van der Waals surface area contributed by atoms with Crippen LogP contribution in [-0.4, -0.2) is 73.1 Å². The first kappa shape index (κ1) is 21.9. The van der Waals surface area contributed by atoms with E-state index in [-0.39, 0.29) is 33.8 Å². The number of rotatable bonds is 4. The Kier molecular flexibility index (Phi) is 5.67. The minimum absolute atomic E-state index is 0.0298. The molecule has 2 heterocycles. The molecule has 0 radical (unpaired) electrons. The lowest BCUT2D eigenvalue weighted by molar-refractivity contribution is -0.277. The van der Waals surface area contributed by atoms with Gasteiger partial charge < -0.3 is 49.6 Å². The van der Waals surface area contributed by atoms with Crippen molar-refractivity contribution in [2.24, 2.45) is 0 Å². The van der Waals surface area contributed by atoms with Crippen LogP contribution in [0, 0.1) is 0 Å². The summed E-state index contributed by atoms with van der Waals surface area (Å²) in [6.45, 7) is -0.647. The van der Waals surface area contributed by atoms with Crippen LogP contribution in [0.4, 0.5) is 0 Å². The molecule has 11 nitrogen and oxygen atoms in total. The van der Waals surface area contributed by atoms with Crippen molar-refractivity contribution in [3.05, 3.63) is 46.6 Å². The maximum absolute atomic E-state index is 12.5. The molecule has 170 valence electrons. The summed E-state index contributed by atoms with van der Waals surface area (Å²) >= 11 is 0. The number of phenolic OH excluding ortho intramolecular Hbond substituents is 3. The van der Waals surface area contributed by atoms with Gasteiger partial charge in [0.2, 0.25) is 6.29 Å². The average Bonchev–Trinajstić information content (AvgIpc) is 2.75. The van der Waals surface area contributed by atoms with E-state index in [1.54, 1.807) is 0 Å². The number of hydrogen-bond donors (Lipinski definition) is 7. The second kappa shape index (κ2) is 8.30. The number of hydrogen-bond acceptors (Lipinski definition) is 11. The van der Waals surface area contributed by atoms with Gasteiger partial charge in [0, 0.05) is 23.8 Å². The molecule has 1 saturated heterocycles. The van der Waals surface area contributed by atoms with Gasteiger partial charge in [0.1, 0.15) is 52.6 Å². The molecule has 0 spiro atoms. The molecule has 11 heteroatoms. The Labute approximate surface area is 179 Å². The number of aromatic hydroxyl groups is 3. The van der Waals surface area contributed by atoms with E-state index >= 15 is 0 Å². The van der Waals surface area contributed by atoms with E-state index in [0.29, 0.717) is 0 Å². The summed E-state index contributed by atoms with van der Waals surface area (Å²) in [6.07, 6.45) is -7.61. The van der Waals surface area contributed by atoms with E-state index in [2.05, 4.69) is 0 Å². The summed E-state index contributed by atoms with van der Waals surface area (Å²) < 4.78 is 16.4. The molecule has 5 atom stereocenters. The Morgan fingerprint density at radius 3 is 2.31 bits per heavy atom. The number of phenols is 3. The van der Waals surface area contributed by atoms with E-state index in [1.165, 1.54) is 24.3 Å². The lowest BCUT2D eigenvalue weighted by atomic mass is 9.99. The van der Waals surface area contributed by atoms with Crippen LogP contribution in [0.5, 0.6) is 23.0 Å². The normalized spacial score (nSPS) is 25.7. The van der Waals surface area contributed by atoms with E-state index < -0.39 is 54.2 Å². The third-order valence-corrected chi connectivity index (χ3v) is 5.14. The van der Waals surface area contributed by atoms with Gasteiger partial charge >= 0.3 is 0 Å². The summed E-state index contributed by atoms with van der Waals surface area (Å²) in [7, 11) is 0. The van der Waals surface area contributed by atoms with Gasteiger partial charge in [-0.1, -0.05) is 0 Å². The van der Waals surface area contributed by atoms with Crippen LogP contribution in [0.15, 0.2) is 45.6 Å². The molecule has 0 aliphatic carbocycles.